The molecule has 2 N–H and O–H groups in total. The van der Waals surface area contributed by atoms with Crippen molar-refractivity contribution in [3.63, 3.8) is 0 Å². The van der Waals surface area contributed by atoms with Crippen LogP contribution in [-0.4, -0.2) is 16.2 Å². The third-order valence-electron chi connectivity index (χ3n) is 3.16. The van der Waals surface area contributed by atoms with Gasteiger partial charge in [0, 0.05) is 37.0 Å². The summed E-state index contributed by atoms with van der Waals surface area (Å²) in [6.45, 7) is 5.64. The lowest BCUT2D eigenvalue weighted by molar-refractivity contribution is 0.334. The Hall–Kier alpha value is -1.81. The van der Waals surface area contributed by atoms with E-state index in [-0.39, 0.29) is 6.04 Å². The molecule has 0 fully saturated rings. The van der Waals surface area contributed by atoms with Crippen LogP contribution < -0.4 is 10.5 Å². The van der Waals surface area contributed by atoms with Crippen molar-refractivity contribution in [1.29, 1.82) is 0 Å². The molecule has 0 saturated carbocycles. The van der Waals surface area contributed by atoms with Gasteiger partial charge in [-0.3, -0.25) is 0 Å². The van der Waals surface area contributed by atoms with Crippen molar-refractivity contribution in [3.05, 3.63) is 48.0 Å². The molecule has 1 unspecified atom stereocenters. The summed E-state index contributed by atoms with van der Waals surface area (Å²) >= 11 is 0. The van der Waals surface area contributed by atoms with Crippen LogP contribution in [0.15, 0.2) is 36.7 Å². The molecule has 1 aromatic heterocycles. The molecule has 2 aromatic rings. The molecule has 1 heterocycles. The van der Waals surface area contributed by atoms with E-state index in [4.69, 9.17) is 10.5 Å². The average molecular weight is 259 g/mol. The maximum Gasteiger partial charge on any atom is 0.124 e. The Bertz CT molecular complexity index is 522. The summed E-state index contributed by atoms with van der Waals surface area (Å²) in [6.07, 6.45) is 4.52. The number of hydrogen-bond acceptors (Lipinski definition) is 3. The molecule has 0 aliphatic carbocycles. The van der Waals surface area contributed by atoms with Crippen molar-refractivity contribution < 1.29 is 4.74 Å². The number of ether oxygens (including phenoxy) is 1. The molecular formula is C15H21N3O. The van der Waals surface area contributed by atoms with Crippen LogP contribution >= 0.6 is 0 Å². The second-order valence-electron chi connectivity index (χ2n) is 4.41. The second kappa shape index (κ2) is 6.38. The lowest BCUT2D eigenvalue weighted by Crippen LogP contribution is -2.17. The number of nitrogens with two attached hydrogens (primary N) is 1. The van der Waals surface area contributed by atoms with E-state index >= 15 is 0 Å². The SMILES string of the molecule is CCOc1ccccc1C(N)Cc1nccn1CC. The Morgan fingerprint density at radius 2 is 2.11 bits per heavy atom. The number of benzene rings is 1. The fourth-order valence-electron chi connectivity index (χ4n) is 2.20. The summed E-state index contributed by atoms with van der Waals surface area (Å²) in [7, 11) is 0. The first kappa shape index (κ1) is 13.6. The molecule has 0 aliphatic heterocycles. The smallest absolute Gasteiger partial charge is 0.124 e. The highest BCUT2D eigenvalue weighted by Gasteiger charge is 2.14. The Labute approximate surface area is 114 Å². The van der Waals surface area contributed by atoms with Gasteiger partial charge in [0.2, 0.25) is 0 Å². The Balaban J connectivity index is 2.18. The van der Waals surface area contributed by atoms with Gasteiger partial charge in [-0.1, -0.05) is 18.2 Å². The van der Waals surface area contributed by atoms with Gasteiger partial charge in [-0.25, -0.2) is 4.98 Å². The summed E-state index contributed by atoms with van der Waals surface area (Å²) in [5, 5.41) is 0. The summed E-state index contributed by atoms with van der Waals surface area (Å²) < 4.78 is 7.74. The molecule has 0 aliphatic rings. The molecule has 1 atom stereocenters. The number of hydrogen-bond donors (Lipinski definition) is 1. The molecule has 0 bridgehead atoms. The first-order chi connectivity index (χ1) is 9.26. The maximum absolute atomic E-state index is 6.31. The number of nitrogens with zero attached hydrogens (tertiary/aromatic N) is 2. The van der Waals surface area contributed by atoms with Gasteiger partial charge in [-0.05, 0) is 19.9 Å². The Kier molecular flexibility index (Phi) is 4.58. The van der Waals surface area contributed by atoms with Crippen LogP contribution in [-0.2, 0) is 13.0 Å². The van der Waals surface area contributed by atoms with Crippen molar-refractivity contribution in [3.8, 4) is 5.75 Å². The third-order valence-corrected chi connectivity index (χ3v) is 3.16. The minimum Gasteiger partial charge on any atom is -0.494 e. The van der Waals surface area contributed by atoms with Crippen LogP contribution in [0.1, 0.15) is 31.3 Å². The predicted octanol–water partition coefficient (Wildman–Crippen LogP) is 2.54. The van der Waals surface area contributed by atoms with Crippen LogP contribution in [0.4, 0.5) is 0 Å². The van der Waals surface area contributed by atoms with Crippen molar-refractivity contribution in [2.24, 2.45) is 5.73 Å². The highest BCUT2D eigenvalue weighted by molar-refractivity contribution is 5.36. The van der Waals surface area contributed by atoms with E-state index in [2.05, 4.69) is 16.5 Å². The lowest BCUT2D eigenvalue weighted by Gasteiger charge is -2.16. The van der Waals surface area contributed by atoms with Crippen LogP contribution in [0.3, 0.4) is 0 Å². The summed E-state index contributed by atoms with van der Waals surface area (Å²) in [5.41, 5.74) is 7.34. The van der Waals surface area contributed by atoms with Gasteiger partial charge in [0.15, 0.2) is 0 Å². The molecule has 19 heavy (non-hydrogen) atoms. The normalized spacial score (nSPS) is 12.4. The van der Waals surface area contributed by atoms with Crippen LogP contribution in [0.25, 0.3) is 0 Å². The molecule has 0 spiro atoms. The van der Waals surface area contributed by atoms with Crippen LogP contribution in [0.5, 0.6) is 5.75 Å². The zero-order chi connectivity index (χ0) is 13.7. The minimum atomic E-state index is -0.101. The number of para-hydroxylation sites is 1. The molecular weight excluding hydrogens is 238 g/mol. The van der Waals surface area contributed by atoms with E-state index in [1.54, 1.807) is 0 Å². The summed E-state index contributed by atoms with van der Waals surface area (Å²) in [4.78, 5) is 4.37. The highest BCUT2D eigenvalue weighted by atomic mass is 16.5. The van der Waals surface area contributed by atoms with Gasteiger partial charge in [0.1, 0.15) is 11.6 Å². The summed E-state index contributed by atoms with van der Waals surface area (Å²) in [6, 6.07) is 7.84. The van der Waals surface area contributed by atoms with Crippen molar-refractivity contribution in [2.45, 2.75) is 32.9 Å². The molecule has 0 radical (unpaired) electrons. The van der Waals surface area contributed by atoms with Crippen molar-refractivity contribution in [1.82, 2.24) is 9.55 Å². The van der Waals surface area contributed by atoms with Gasteiger partial charge in [0.25, 0.3) is 0 Å². The van der Waals surface area contributed by atoms with Gasteiger partial charge in [-0.2, -0.15) is 0 Å². The monoisotopic (exact) mass is 259 g/mol. The third kappa shape index (κ3) is 3.15. The molecule has 102 valence electrons. The van der Waals surface area contributed by atoms with E-state index in [9.17, 15) is 0 Å². The van der Waals surface area contributed by atoms with Crippen molar-refractivity contribution >= 4 is 0 Å². The molecule has 4 nitrogen and oxygen atoms in total. The molecule has 0 saturated heterocycles. The zero-order valence-corrected chi connectivity index (χ0v) is 11.5. The van der Waals surface area contributed by atoms with Gasteiger partial charge < -0.3 is 15.0 Å². The van der Waals surface area contributed by atoms with E-state index in [0.717, 1.165) is 23.7 Å². The first-order valence-corrected chi connectivity index (χ1v) is 6.73. The van der Waals surface area contributed by atoms with E-state index in [1.807, 2.05) is 43.6 Å². The highest BCUT2D eigenvalue weighted by Crippen LogP contribution is 2.25. The van der Waals surface area contributed by atoms with E-state index < -0.39 is 0 Å². The van der Waals surface area contributed by atoms with Crippen molar-refractivity contribution in [2.75, 3.05) is 6.61 Å². The van der Waals surface area contributed by atoms with Gasteiger partial charge in [0.05, 0.1) is 6.61 Å². The first-order valence-electron chi connectivity index (χ1n) is 6.73. The minimum absolute atomic E-state index is 0.101. The van der Waals surface area contributed by atoms with Gasteiger partial charge >= 0.3 is 0 Å². The predicted molar refractivity (Wildman–Crippen MR) is 76.1 cm³/mol. The molecule has 1 aromatic carbocycles. The van der Waals surface area contributed by atoms with Gasteiger partial charge in [-0.15, -0.1) is 0 Å². The summed E-state index contributed by atoms with van der Waals surface area (Å²) in [5.74, 6) is 1.88. The topological polar surface area (TPSA) is 53.1 Å². The fourth-order valence-corrected chi connectivity index (χ4v) is 2.20. The van der Waals surface area contributed by atoms with E-state index in [0.29, 0.717) is 13.0 Å². The Morgan fingerprint density at radius 3 is 2.84 bits per heavy atom. The number of rotatable bonds is 6. The van der Waals surface area contributed by atoms with Crippen LogP contribution in [0.2, 0.25) is 0 Å². The largest absolute Gasteiger partial charge is 0.494 e. The number of aryl methyl sites for hydroxylation is 1. The molecule has 2 rings (SSSR count). The Morgan fingerprint density at radius 1 is 1.32 bits per heavy atom. The molecule has 4 heteroatoms. The fraction of sp³-hybridized carbons (Fsp3) is 0.400. The number of imidazole rings is 1. The maximum atomic E-state index is 6.31. The quantitative estimate of drug-likeness (QED) is 0.867. The molecule has 0 amide bonds. The van der Waals surface area contributed by atoms with Crippen LogP contribution in [0, 0.1) is 0 Å². The lowest BCUT2D eigenvalue weighted by atomic mass is 10.0. The average Bonchev–Trinajstić information content (AvgIpc) is 2.87. The number of aromatic nitrogens is 2. The standard InChI is InChI=1S/C15H21N3O/c1-3-18-10-9-17-15(18)11-13(16)12-7-5-6-8-14(12)19-4-2/h5-10,13H,3-4,11,16H2,1-2H3. The van der Waals surface area contributed by atoms with E-state index in [1.165, 1.54) is 0 Å². The zero-order valence-electron chi connectivity index (χ0n) is 11.5. The second-order valence-corrected chi connectivity index (χ2v) is 4.41.